The van der Waals surface area contributed by atoms with E-state index < -0.39 is 11.6 Å². The van der Waals surface area contributed by atoms with Gasteiger partial charge < -0.3 is 10.2 Å². The molecule has 0 aromatic heterocycles. The highest BCUT2D eigenvalue weighted by Crippen LogP contribution is 2.26. The number of nitrogens with one attached hydrogen (secondary N) is 1. The topological polar surface area (TPSA) is 15.3 Å². The van der Waals surface area contributed by atoms with E-state index in [4.69, 9.17) is 0 Å². The van der Waals surface area contributed by atoms with E-state index in [0.29, 0.717) is 17.9 Å². The monoisotopic (exact) mass is 316 g/mol. The summed E-state index contributed by atoms with van der Waals surface area (Å²) in [6.45, 7) is 10.4. The van der Waals surface area contributed by atoms with Gasteiger partial charge in [-0.15, -0.1) is 11.8 Å². The molecule has 1 N–H and O–H groups in total. The van der Waals surface area contributed by atoms with Gasteiger partial charge in [-0.1, -0.05) is 20.8 Å². The summed E-state index contributed by atoms with van der Waals surface area (Å²) in [5, 5.41) is 3.15. The maximum absolute atomic E-state index is 14.0. The van der Waals surface area contributed by atoms with E-state index in [1.807, 2.05) is 0 Å². The van der Waals surface area contributed by atoms with Crippen molar-refractivity contribution in [1.82, 2.24) is 10.2 Å². The average molecular weight is 316 g/mol. The molecular weight excluding hydrogens is 290 g/mol. The van der Waals surface area contributed by atoms with Crippen molar-refractivity contribution in [1.29, 1.82) is 0 Å². The van der Waals surface area contributed by atoms with E-state index in [9.17, 15) is 8.78 Å². The quantitative estimate of drug-likeness (QED) is 0.520. The van der Waals surface area contributed by atoms with E-state index in [1.54, 1.807) is 0 Å². The lowest BCUT2D eigenvalue weighted by atomic mass is 10.2. The van der Waals surface area contributed by atoms with E-state index in [0.717, 1.165) is 32.6 Å². The second-order valence-electron chi connectivity index (χ2n) is 4.94. The van der Waals surface area contributed by atoms with Crippen LogP contribution in [0.4, 0.5) is 8.78 Å². The van der Waals surface area contributed by atoms with Gasteiger partial charge in [-0.3, -0.25) is 0 Å². The molecule has 0 fully saturated rings. The van der Waals surface area contributed by atoms with Gasteiger partial charge >= 0.3 is 0 Å². The van der Waals surface area contributed by atoms with Crippen LogP contribution in [0.25, 0.3) is 0 Å². The molecule has 0 bridgehead atoms. The molecule has 1 aromatic carbocycles. The molecule has 120 valence electrons. The van der Waals surface area contributed by atoms with E-state index in [1.165, 1.54) is 23.9 Å². The summed E-state index contributed by atoms with van der Waals surface area (Å²) in [6, 6.07) is 2.87. The number of nitrogens with zero attached hydrogens (tertiary/aromatic N) is 1. The highest BCUT2D eigenvalue weighted by molar-refractivity contribution is 7.99. The highest BCUT2D eigenvalue weighted by atomic mass is 32.2. The SMILES string of the molecule is CCCNCc1cc(F)c(SCCN(CC)CC)c(F)c1. The molecule has 0 spiro atoms. The first-order valence-corrected chi connectivity index (χ1v) is 8.64. The highest BCUT2D eigenvalue weighted by Gasteiger charge is 2.12. The molecule has 0 aliphatic rings. The Hall–Kier alpha value is -0.650. The van der Waals surface area contributed by atoms with Crippen LogP contribution in [-0.2, 0) is 6.54 Å². The minimum absolute atomic E-state index is 0.140. The number of hydrogen-bond acceptors (Lipinski definition) is 3. The van der Waals surface area contributed by atoms with Gasteiger partial charge in [-0.2, -0.15) is 0 Å². The zero-order valence-electron chi connectivity index (χ0n) is 13.2. The fourth-order valence-corrected chi connectivity index (χ4v) is 3.03. The normalized spacial score (nSPS) is 11.3. The third-order valence-electron chi connectivity index (χ3n) is 3.36. The molecule has 0 heterocycles. The van der Waals surface area contributed by atoms with Crippen LogP contribution in [0, 0.1) is 11.6 Å². The Morgan fingerprint density at radius 3 is 2.24 bits per heavy atom. The van der Waals surface area contributed by atoms with E-state index >= 15 is 0 Å². The summed E-state index contributed by atoms with van der Waals surface area (Å²) in [7, 11) is 0. The summed E-state index contributed by atoms with van der Waals surface area (Å²) in [5.41, 5.74) is 0.659. The maximum Gasteiger partial charge on any atom is 0.140 e. The molecule has 2 nitrogen and oxygen atoms in total. The summed E-state index contributed by atoms with van der Waals surface area (Å²) in [5.74, 6) is -0.205. The van der Waals surface area contributed by atoms with Crippen LogP contribution in [0.3, 0.4) is 0 Å². The van der Waals surface area contributed by atoms with Crippen molar-refractivity contribution >= 4 is 11.8 Å². The molecule has 21 heavy (non-hydrogen) atoms. The Morgan fingerprint density at radius 2 is 1.71 bits per heavy atom. The number of hydrogen-bond donors (Lipinski definition) is 1. The van der Waals surface area contributed by atoms with Crippen molar-refractivity contribution in [3.8, 4) is 0 Å². The molecule has 5 heteroatoms. The van der Waals surface area contributed by atoms with Gasteiger partial charge in [0.1, 0.15) is 11.6 Å². The molecule has 0 radical (unpaired) electrons. The second-order valence-corrected chi connectivity index (χ2v) is 6.05. The average Bonchev–Trinajstić information content (AvgIpc) is 2.46. The van der Waals surface area contributed by atoms with Crippen LogP contribution in [0.1, 0.15) is 32.8 Å². The van der Waals surface area contributed by atoms with Gasteiger partial charge in [0.05, 0.1) is 4.90 Å². The number of benzene rings is 1. The first kappa shape index (κ1) is 18.4. The molecule has 0 saturated heterocycles. The van der Waals surface area contributed by atoms with Crippen molar-refractivity contribution < 1.29 is 8.78 Å². The van der Waals surface area contributed by atoms with Crippen LogP contribution < -0.4 is 5.32 Å². The molecule has 0 atom stereocenters. The minimum Gasteiger partial charge on any atom is -0.313 e. The van der Waals surface area contributed by atoms with Gasteiger partial charge in [0.15, 0.2) is 0 Å². The summed E-state index contributed by atoms with van der Waals surface area (Å²) < 4.78 is 28.0. The van der Waals surface area contributed by atoms with Gasteiger partial charge in [0.25, 0.3) is 0 Å². The van der Waals surface area contributed by atoms with Crippen molar-refractivity contribution in [2.45, 2.75) is 38.6 Å². The first-order valence-electron chi connectivity index (χ1n) is 7.66. The lowest BCUT2D eigenvalue weighted by Crippen LogP contribution is -2.25. The fraction of sp³-hybridized carbons (Fsp3) is 0.625. The lowest BCUT2D eigenvalue weighted by Gasteiger charge is -2.17. The molecule has 0 unspecified atom stereocenters. The van der Waals surface area contributed by atoms with Gasteiger partial charge in [0, 0.05) is 18.8 Å². The number of rotatable bonds is 10. The van der Waals surface area contributed by atoms with Crippen molar-refractivity contribution in [2.24, 2.45) is 0 Å². The molecule has 1 rings (SSSR count). The van der Waals surface area contributed by atoms with E-state index in [-0.39, 0.29) is 4.90 Å². The van der Waals surface area contributed by atoms with Crippen LogP contribution in [-0.4, -0.2) is 36.8 Å². The lowest BCUT2D eigenvalue weighted by molar-refractivity contribution is 0.324. The van der Waals surface area contributed by atoms with Crippen LogP contribution in [0.2, 0.25) is 0 Å². The molecule has 0 amide bonds. The molecule has 1 aromatic rings. The third-order valence-corrected chi connectivity index (χ3v) is 4.43. The van der Waals surface area contributed by atoms with E-state index in [2.05, 4.69) is 31.0 Å². The predicted octanol–water partition coefficient (Wildman–Crippen LogP) is 3.90. The van der Waals surface area contributed by atoms with Gasteiger partial charge in [-0.25, -0.2) is 8.78 Å². The zero-order chi connectivity index (χ0) is 15.7. The second kappa shape index (κ2) is 10.1. The van der Waals surface area contributed by atoms with Crippen molar-refractivity contribution in [2.75, 3.05) is 31.9 Å². The number of halogens is 2. The molecule has 0 aliphatic heterocycles. The predicted molar refractivity (Wildman–Crippen MR) is 86.9 cm³/mol. The van der Waals surface area contributed by atoms with Crippen molar-refractivity contribution in [3.63, 3.8) is 0 Å². The smallest absolute Gasteiger partial charge is 0.140 e. The zero-order valence-corrected chi connectivity index (χ0v) is 14.0. The summed E-state index contributed by atoms with van der Waals surface area (Å²) in [6.07, 6.45) is 1.00. The van der Waals surface area contributed by atoms with Crippen LogP contribution in [0.5, 0.6) is 0 Å². The minimum atomic E-state index is -0.451. The van der Waals surface area contributed by atoms with Crippen LogP contribution in [0.15, 0.2) is 17.0 Å². The third kappa shape index (κ3) is 6.32. The Balaban J connectivity index is 2.58. The molecular formula is C16H26F2N2S. The Labute approximate surface area is 131 Å². The fourth-order valence-electron chi connectivity index (χ4n) is 2.08. The Bertz CT molecular complexity index is 400. The maximum atomic E-state index is 14.0. The number of thioether (sulfide) groups is 1. The Kier molecular flexibility index (Phi) is 8.88. The first-order chi connectivity index (χ1) is 10.1. The molecule has 0 aliphatic carbocycles. The summed E-state index contributed by atoms with van der Waals surface area (Å²) >= 11 is 1.26. The standard InChI is InChI=1S/C16H26F2N2S/c1-4-7-19-12-13-10-14(17)16(15(18)11-13)21-9-8-20(5-2)6-3/h10-11,19H,4-9,12H2,1-3H3. The largest absolute Gasteiger partial charge is 0.313 e. The molecule has 0 saturated carbocycles. The van der Waals surface area contributed by atoms with Crippen molar-refractivity contribution in [3.05, 3.63) is 29.3 Å². The van der Waals surface area contributed by atoms with Crippen LogP contribution >= 0.6 is 11.8 Å². The summed E-state index contributed by atoms with van der Waals surface area (Å²) in [4.78, 5) is 2.38. The Morgan fingerprint density at radius 1 is 1.10 bits per heavy atom. The van der Waals surface area contributed by atoms with Gasteiger partial charge in [-0.05, 0) is 43.8 Å². The van der Waals surface area contributed by atoms with Gasteiger partial charge in [0.2, 0.25) is 0 Å².